The van der Waals surface area contributed by atoms with Crippen LogP contribution >= 0.6 is 0 Å². The first-order valence-electron chi connectivity index (χ1n) is 10.6. The third-order valence-electron chi connectivity index (χ3n) is 5.59. The molecule has 5 rings (SSSR count). The Hall–Kier alpha value is -3.39. The quantitative estimate of drug-likeness (QED) is 0.671. The van der Waals surface area contributed by atoms with E-state index in [0.29, 0.717) is 37.3 Å². The van der Waals surface area contributed by atoms with E-state index in [4.69, 9.17) is 19.4 Å². The van der Waals surface area contributed by atoms with Crippen LogP contribution in [0.3, 0.4) is 0 Å². The number of fused-ring (bicyclic) bond motifs is 1. The highest BCUT2D eigenvalue weighted by atomic mass is 16.5. The summed E-state index contributed by atoms with van der Waals surface area (Å²) in [6, 6.07) is 13.1. The predicted molar refractivity (Wildman–Crippen MR) is 119 cm³/mol. The van der Waals surface area contributed by atoms with Crippen LogP contribution in [0.4, 0.5) is 17.3 Å². The van der Waals surface area contributed by atoms with E-state index in [1.165, 1.54) is 6.07 Å². The monoisotopic (exact) mass is 419 g/mol. The molecule has 160 valence electrons. The molecular formula is C23H25N5O3. The van der Waals surface area contributed by atoms with Crippen LogP contribution in [0.15, 0.2) is 47.3 Å². The molecule has 2 aromatic heterocycles. The lowest BCUT2D eigenvalue weighted by Gasteiger charge is -2.36. The van der Waals surface area contributed by atoms with Crippen molar-refractivity contribution in [3.05, 3.63) is 58.4 Å². The van der Waals surface area contributed by atoms with Crippen molar-refractivity contribution in [2.75, 3.05) is 36.6 Å². The Labute approximate surface area is 180 Å². The van der Waals surface area contributed by atoms with Crippen LogP contribution in [-0.2, 0) is 11.2 Å². The van der Waals surface area contributed by atoms with E-state index in [2.05, 4.69) is 22.1 Å². The molecule has 0 amide bonds. The summed E-state index contributed by atoms with van der Waals surface area (Å²) < 4.78 is 11.5. The van der Waals surface area contributed by atoms with Gasteiger partial charge < -0.3 is 24.7 Å². The molecule has 0 saturated carbocycles. The van der Waals surface area contributed by atoms with Gasteiger partial charge in [0.2, 0.25) is 11.4 Å². The summed E-state index contributed by atoms with van der Waals surface area (Å²) in [6.45, 7) is 5.03. The van der Waals surface area contributed by atoms with E-state index in [1.54, 1.807) is 6.07 Å². The molecule has 2 aliphatic heterocycles. The highest BCUT2D eigenvalue weighted by Gasteiger charge is 2.28. The van der Waals surface area contributed by atoms with Gasteiger partial charge in [0.25, 0.3) is 0 Å². The van der Waals surface area contributed by atoms with Gasteiger partial charge in [0.15, 0.2) is 5.82 Å². The molecule has 2 aliphatic rings. The second-order valence-electron chi connectivity index (χ2n) is 7.85. The van der Waals surface area contributed by atoms with E-state index in [0.717, 1.165) is 42.0 Å². The fourth-order valence-electron chi connectivity index (χ4n) is 4.00. The second kappa shape index (κ2) is 8.39. The molecule has 0 radical (unpaired) electrons. The number of H-pyrrole nitrogens is 1. The van der Waals surface area contributed by atoms with Crippen molar-refractivity contribution < 1.29 is 9.47 Å². The number of aromatic nitrogens is 3. The molecule has 31 heavy (non-hydrogen) atoms. The van der Waals surface area contributed by atoms with E-state index in [9.17, 15) is 4.79 Å². The van der Waals surface area contributed by atoms with Crippen molar-refractivity contribution in [3.8, 4) is 17.3 Å². The second-order valence-corrected chi connectivity index (χ2v) is 7.85. The SMILES string of the molecule is C[C@H]1COCCN1c1nc(-c2ccc(Nc3cccc(=O)[nH]3)cc2)nc2c1CCCO2. The summed E-state index contributed by atoms with van der Waals surface area (Å²) in [7, 11) is 0. The molecule has 4 heterocycles. The van der Waals surface area contributed by atoms with Crippen LogP contribution < -0.4 is 20.5 Å². The number of ether oxygens (including phenoxy) is 2. The molecule has 1 atom stereocenters. The number of aromatic amines is 1. The average molecular weight is 419 g/mol. The summed E-state index contributed by atoms with van der Waals surface area (Å²) in [5.74, 6) is 2.94. The minimum absolute atomic E-state index is 0.144. The van der Waals surface area contributed by atoms with Gasteiger partial charge in [0.1, 0.15) is 11.6 Å². The van der Waals surface area contributed by atoms with Gasteiger partial charge in [-0.2, -0.15) is 4.98 Å². The number of morpholine rings is 1. The van der Waals surface area contributed by atoms with Gasteiger partial charge in [0.05, 0.1) is 31.4 Å². The average Bonchev–Trinajstić information content (AvgIpc) is 2.79. The highest BCUT2D eigenvalue weighted by molar-refractivity contribution is 5.66. The van der Waals surface area contributed by atoms with Gasteiger partial charge in [-0.1, -0.05) is 6.07 Å². The molecule has 0 bridgehead atoms. The van der Waals surface area contributed by atoms with Gasteiger partial charge in [-0.15, -0.1) is 0 Å². The topological polar surface area (TPSA) is 92.4 Å². The predicted octanol–water partition coefficient (Wildman–Crippen LogP) is 3.13. The zero-order chi connectivity index (χ0) is 21.2. The van der Waals surface area contributed by atoms with Gasteiger partial charge in [-0.3, -0.25) is 4.79 Å². The Morgan fingerprint density at radius 1 is 1.13 bits per heavy atom. The first-order chi connectivity index (χ1) is 15.2. The summed E-state index contributed by atoms with van der Waals surface area (Å²) in [5, 5.41) is 3.20. The van der Waals surface area contributed by atoms with E-state index >= 15 is 0 Å². The first kappa shape index (κ1) is 19.6. The van der Waals surface area contributed by atoms with Crippen LogP contribution in [0.25, 0.3) is 11.4 Å². The van der Waals surface area contributed by atoms with Gasteiger partial charge in [-0.05, 0) is 50.1 Å². The number of nitrogens with zero attached hydrogens (tertiary/aromatic N) is 3. The largest absolute Gasteiger partial charge is 0.477 e. The lowest BCUT2D eigenvalue weighted by Crippen LogP contribution is -2.45. The summed E-state index contributed by atoms with van der Waals surface area (Å²) in [5.41, 5.74) is 2.72. The molecule has 1 fully saturated rings. The molecule has 1 aromatic carbocycles. The molecule has 0 aliphatic carbocycles. The lowest BCUT2D eigenvalue weighted by molar-refractivity contribution is 0.0983. The maximum atomic E-state index is 11.5. The van der Waals surface area contributed by atoms with E-state index < -0.39 is 0 Å². The number of pyridine rings is 1. The van der Waals surface area contributed by atoms with Crippen LogP contribution in [0.2, 0.25) is 0 Å². The molecule has 1 saturated heterocycles. The first-order valence-corrected chi connectivity index (χ1v) is 10.6. The van der Waals surface area contributed by atoms with Crippen LogP contribution in [0.1, 0.15) is 18.9 Å². The number of rotatable bonds is 4. The Morgan fingerprint density at radius 3 is 2.81 bits per heavy atom. The number of nitrogens with one attached hydrogen (secondary N) is 2. The zero-order valence-corrected chi connectivity index (χ0v) is 17.4. The molecule has 8 heteroatoms. The van der Waals surface area contributed by atoms with E-state index in [1.807, 2.05) is 30.3 Å². The molecule has 3 aromatic rings. The number of hydrogen-bond acceptors (Lipinski definition) is 7. The standard InChI is InChI=1S/C23H25N5O3/c1-15-14-30-13-11-28(15)22-18-4-3-12-31-23(18)27-21(26-22)16-7-9-17(10-8-16)24-19-5-2-6-20(29)25-19/h2,5-10,15H,3-4,11-14H2,1H3,(H2,24,25,29)/t15-/m0/s1. The molecule has 0 unspecified atom stereocenters. The zero-order valence-electron chi connectivity index (χ0n) is 17.4. The third-order valence-corrected chi connectivity index (χ3v) is 5.59. The minimum Gasteiger partial charge on any atom is -0.477 e. The van der Waals surface area contributed by atoms with Crippen LogP contribution in [0.5, 0.6) is 5.88 Å². The molecule has 0 spiro atoms. The normalized spacial score (nSPS) is 18.2. The Morgan fingerprint density at radius 2 is 2.00 bits per heavy atom. The van der Waals surface area contributed by atoms with E-state index in [-0.39, 0.29) is 11.6 Å². The fourth-order valence-corrected chi connectivity index (χ4v) is 4.00. The number of hydrogen-bond donors (Lipinski definition) is 2. The maximum absolute atomic E-state index is 11.5. The maximum Gasteiger partial charge on any atom is 0.249 e. The van der Waals surface area contributed by atoms with Crippen molar-refractivity contribution >= 4 is 17.3 Å². The molecule has 8 nitrogen and oxygen atoms in total. The van der Waals surface area contributed by atoms with Crippen LogP contribution in [0, 0.1) is 0 Å². The summed E-state index contributed by atoms with van der Waals surface area (Å²) >= 11 is 0. The van der Waals surface area contributed by atoms with Crippen molar-refractivity contribution in [3.63, 3.8) is 0 Å². The van der Waals surface area contributed by atoms with Gasteiger partial charge >= 0.3 is 0 Å². The van der Waals surface area contributed by atoms with Gasteiger partial charge in [0, 0.05) is 23.9 Å². The summed E-state index contributed by atoms with van der Waals surface area (Å²) in [4.78, 5) is 26.3. The molecular weight excluding hydrogens is 394 g/mol. The van der Waals surface area contributed by atoms with Crippen molar-refractivity contribution in [2.45, 2.75) is 25.8 Å². The Kier molecular flexibility index (Phi) is 5.30. The Balaban J connectivity index is 1.47. The minimum atomic E-state index is -0.144. The van der Waals surface area contributed by atoms with Crippen LogP contribution in [-0.4, -0.2) is 47.4 Å². The summed E-state index contributed by atoms with van der Waals surface area (Å²) in [6.07, 6.45) is 1.90. The van der Waals surface area contributed by atoms with Crippen molar-refractivity contribution in [1.82, 2.24) is 15.0 Å². The number of benzene rings is 1. The third kappa shape index (κ3) is 4.11. The van der Waals surface area contributed by atoms with Crippen molar-refractivity contribution in [1.29, 1.82) is 0 Å². The van der Waals surface area contributed by atoms with Gasteiger partial charge in [-0.25, -0.2) is 4.98 Å². The number of anilines is 3. The lowest BCUT2D eigenvalue weighted by atomic mass is 10.1. The Bertz CT molecular complexity index is 1130. The highest BCUT2D eigenvalue weighted by Crippen LogP contribution is 2.35. The smallest absolute Gasteiger partial charge is 0.249 e. The fraction of sp³-hybridized carbons (Fsp3) is 0.348. The molecule has 2 N–H and O–H groups in total. The van der Waals surface area contributed by atoms with Crippen molar-refractivity contribution in [2.24, 2.45) is 0 Å².